The summed E-state index contributed by atoms with van der Waals surface area (Å²) in [6.45, 7) is 0.762. The van der Waals surface area contributed by atoms with Gasteiger partial charge in [0.25, 0.3) is 0 Å². The molecule has 0 radical (unpaired) electrons. The second-order valence-corrected chi connectivity index (χ2v) is 6.57. The first-order valence-electron chi connectivity index (χ1n) is 8.88. The number of hydrogen-bond donors (Lipinski definition) is 1. The van der Waals surface area contributed by atoms with Crippen LogP contribution in [0.2, 0.25) is 0 Å². The van der Waals surface area contributed by atoms with E-state index in [1.165, 1.54) is 0 Å². The molecule has 0 aliphatic carbocycles. The third kappa shape index (κ3) is 3.02. The van der Waals surface area contributed by atoms with E-state index in [1.54, 1.807) is 0 Å². The zero-order chi connectivity index (χ0) is 17.9. The van der Waals surface area contributed by atoms with E-state index in [1.807, 2.05) is 59.5 Å². The summed E-state index contributed by atoms with van der Waals surface area (Å²) in [5, 5.41) is 5.28. The molecule has 1 saturated heterocycles. The number of fused-ring (bicyclic) bond motifs is 1. The normalized spacial score (nSPS) is 16.4. The van der Waals surface area contributed by atoms with Crippen molar-refractivity contribution in [2.45, 2.75) is 18.9 Å². The van der Waals surface area contributed by atoms with Crippen LogP contribution in [0, 0.1) is 12.3 Å². The summed E-state index contributed by atoms with van der Waals surface area (Å²) in [6.07, 6.45) is 7.41. The number of hydrogen-bond acceptors (Lipinski definition) is 1. The van der Waals surface area contributed by atoms with E-state index in [9.17, 15) is 4.79 Å². The number of carbonyl (C=O) groups is 1. The molecule has 0 spiro atoms. The maximum absolute atomic E-state index is 12.9. The fourth-order valence-electron chi connectivity index (χ4n) is 3.68. The van der Waals surface area contributed by atoms with Gasteiger partial charge in [-0.3, -0.25) is 0 Å². The average Bonchev–Trinajstić information content (AvgIpc) is 3.18. The molecule has 3 nitrogen and oxygen atoms in total. The number of urea groups is 1. The molecule has 1 fully saturated rings. The molecule has 1 aliphatic rings. The van der Waals surface area contributed by atoms with Gasteiger partial charge in [-0.25, -0.2) is 4.79 Å². The summed E-state index contributed by atoms with van der Waals surface area (Å²) in [6, 6.07) is 22.0. The number of anilines is 1. The van der Waals surface area contributed by atoms with Crippen LogP contribution < -0.4 is 5.32 Å². The minimum atomic E-state index is -0.0510. The molecule has 1 aliphatic heterocycles. The Hall–Kier alpha value is -3.25. The van der Waals surface area contributed by atoms with Gasteiger partial charge in [0, 0.05) is 17.5 Å². The third-order valence-electron chi connectivity index (χ3n) is 5.01. The maximum atomic E-state index is 12.9. The van der Waals surface area contributed by atoms with E-state index < -0.39 is 0 Å². The number of benzene rings is 3. The van der Waals surface area contributed by atoms with Crippen molar-refractivity contribution in [3.05, 3.63) is 77.9 Å². The topological polar surface area (TPSA) is 32.3 Å². The minimum Gasteiger partial charge on any atom is -0.317 e. The highest BCUT2D eigenvalue weighted by Crippen LogP contribution is 2.33. The van der Waals surface area contributed by atoms with Crippen molar-refractivity contribution in [1.82, 2.24) is 4.90 Å². The number of carbonyl (C=O) groups excluding carboxylic acids is 1. The smallest absolute Gasteiger partial charge is 0.317 e. The zero-order valence-electron chi connectivity index (χ0n) is 14.5. The van der Waals surface area contributed by atoms with Crippen molar-refractivity contribution in [3.63, 3.8) is 0 Å². The summed E-state index contributed by atoms with van der Waals surface area (Å²) >= 11 is 0. The lowest BCUT2D eigenvalue weighted by Crippen LogP contribution is -2.34. The van der Waals surface area contributed by atoms with Crippen LogP contribution in [-0.4, -0.2) is 17.5 Å². The molecular weight excluding hydrogens is 320 g/mol. The van der Waals surface area contributed by atoms with Gasteiger partial charge < -0.3 is 10.2 Å². The van der Waals surface area contributed by atoms with Crippen LogP contribution in [-0.2, 0) is 0 Å². The lowest BCUT2D eigenvalue weighted by atomic mass is 10.0. The van der Waals surface area contributed by atoms with Gasteiger partial charge in [0.05, 0.1) is 11.7 Å². The molecule has 2 amide bonds. The summed E-state index contributed by atoms with van der Waals surface area (Å²) in [5.41, 5.74) is 2.84. The van der Waals surface area contributed by atoms with Gasteiger partial charge in [-0.1, -0.05) is 54.5 Å². The Morgan fingerprint density at radius 3 is 2.62 bits per heavy atom. The van der Waals surface area contributed by atoms with E-state index in [-0.39, 0.29) is 12.1 Å². The predicted molar refractivity (Wildman–Crippen MR) is 106 cm³/mol. The number of rotatable bonds is 2. The highest BCUT2D eigenvalue weighted by atomic mass is 16.2. The quantitative estimate of drug-likeness (QED) is 0.640. The minimum absolute atomic E-state index is 0.0510. The second kappa shape index (κ2) is 6.93. The van der Waals surface area contributed by atoms with Gasteiger partial charge in [0.2, 0.25) is 0 Å². The Bertz CT molecular complexity index is 980. The van der Waals surface area contributed by atoms with Gasteiger partial charge in [-0.05, 0) is 42.0 Å². The molecule has 0 saturated carbocycles. The Kier molecular flexibility index (Phi) is 4.33. The largest absolute Gasteiger partial charge is 0.322 e. The van der Waals surface area contributed by atoms with Crippen molar-refractivity contribution < 1.29 is 4.79 Å². The number of nitrogens with zero attached hydrogens (tertiary/aromatic N) is 1. The van der Waals surface area contributed by atoms with Gasteiger partial charge >= 0.3 is 6.03 Å². The Morgan fingerprint density at radius 2 is 1.81 bits per heavy atom. The molecule has 0 aromatic heterocycles. The van der Waals surface area contributed by atoms with Crippen LogP contribution in [0.4, 0.5) is 10.5 Å². The van der Waals surface area contributed by atoms with Crippen molar-refractivity contribution >= 4 is 22.5 Å². The number of amides is 2. The first kappa shape index (κ1) is 16.2. The molecule has 1 N–H and O–H groups in total. The van der Waals surface area contributed by atoms with E-state index in [0.717, 1.165) is 47.0 Å². The van der Waals surface area contributed by atoms with Gasteiger partial charge in [-0.2, -0.15) is 0 Å². The molecular formula is C23H20N2O. The van der Waals surface area contributed by atoms with Gasteiger partial charge in [0.1, 0.15) is 0 Å². The Labute approximate surface area is 153 Å². The summed E-state index contributed by atoms with van der Waals surface area (Å²) < 4.78 is 0. The summed E-state index contributed by atoms with van der Waals surface area (Å²) in [7, 11) is 0. The number of nitrogens with one attached hydrogen (secondary N) is 1. The highest BCUT2D eigenvalue weighted by molar-refractivity contribution is 6.01. The molecule has 4 rings (SSSR count). The lowest BCUT2D eigenvalue weighted by Gasteiger charge is -2.25. The van der Waals surface area contributed by atoms with E-state index >= 15 is 0 Å². The molecule has 1 unspecified atom stereocenters. The number of likely N-dealkylation sites (tertiary alicyclic amines) is 1. The van der Waals surface area contributed by atoms with Crippen molar-refractivity contribution in [2.24, 2.45) is 0 Å². The van der Waals surface area contributed by atoms with Crippen LogP contribution >= 0.6 is 0 Å². The van der Waals surface area contributed by atoms with Crippen molar-refractivity contribution in [1.29, 1.82) is 0 Å². The van der Waals surface area contributed by atoms with Gasteiger partial charge in [-0.15, -0.1) is 6.42 Å². The summed E-state index contributed by atoms with van der Waals surface area (Å²) in [5.74, 6) is 2.64. The molecule has 1 heterocycles. The highest BCUT2D eigenvalue weighted by Gasteiger charge is 2.30. The van der Waals surface area contributed by atoms with E-state index in [4.69, 9.17) is 6.42 Å². The first-order valence-corrected chi connectivity index (χ1v) is 8.88. The molecule has 3 heteroatoms. The Balaban J connectivity index is 1.57. The lowest BCUT2D eigenvalue weighted by molar-refractivity contribution is 0.207. The molecule has 128 valence electrons. The Morgan fingerprint density at radius 1 is 1.04 bits per heavy atom. The molecule has 1 atom stereocenters. The van der Waals surface area contributed by atoms with Gasteiger partial charge in [0.15, 0.2) is 0 Å². The summed E-state index contributed by atoms with van der Waals surface area (Å²) in [4.78, 5) is 14.9. The van der Waals surface area contributed by atoms with Crippen LogP contribution in [0.25, 0.3) is 10.8 Å². The maximum Gasteiger partial charge on any atom is 0.322 e. The fraction of sp³-hybridized carbons (Fsp3) is 0.174. The average molecular weight is 340 g/mol. The van der Waals surface area contributed by atoms with E-state index in [2.05, 4.69) is 23.4 Å². The number of terminal acetylenes is 1. The van der Waals surface area contributed by atoms with Crippen molar-refractivity contribution in [2.75, 3.05) is 11.9 Å². The van der Waals surface area contributed by atoms with Crippen LogP contribution in [0.3, 0.4) is 0 Å². The fourth-order valence-corrected chi connectivity index (χ4v) is 3.68. The van der Waals surface area contributed by atoms with Crippen LogP contribution in [0.5, 0.6) is 0 Å². The van der Waals surface area contributed by atoms with Crippen molar-refractivity contribution in [3.8, 4) is 12.3 Å². The second-order valence-electron chi connectivity index (χ2n) is 6.57. The monoisotopic (exact) mass is 340 g/mol. The van der Waals surface area contributed by atoms with Crippen LogP contribution in [0.1, 0.15) is 30.0 Å². The molecule has 3 aromatic rings. The zero-order valence-corrected chi connectivity index (χ0v) is 14.5. The molecule has 0 bridgehead atoms. The predicted octanol–water partition coefficient (Wildman–Crippen LogP) is 5.19. The van der Waals surface area contributed by atoms with Crippen LogP contribution in [0.15, 0.2) is 66.7 Å². The first-order chi connectivity index (χ1) is 12.8. The standard InChI is InChI=1S/C23H20N2O/c1-2-17-12-14-19(15-13-17)22-11-6-16-25(22)23(26)24-21-10-5-8-18-7-3-4-9-20(18)21/h1,3-5,7-10,12-15,22H,6,11,16H2,(H,24,26). The van der Waals surface area contributed by atoms with E-state index in [0.29, 0.717) is 0 Å². The SMILES string of the molecule is C#Cc1ccc(C2CCCN2C(=O)Nc2cccc3ccccc23)cc1. The molecule has 26 heavy (non-hydrogen) atoms. The third-order valence-corrected chi connectivity index (χ3v) is 5.01. The molecule has 3 aromatic carbocycles.